The first-order valence-corrected chi connectivity index (χ1v) is 8.55. The summed E-state index contributed by atoms with van der Waals surface area (Å²) in [6.07, 6.45) is 6.79. The normalized spacial score (nSPS) is 17.6. The van der Waals surface area contributed by atoms with E-state index in [0.717, 1.165) is 22.1 Å². The van der Waals surface area contributed by atoms with Crippen LogP contribution in [0.15, 0.2) is 48.5 Å². The van der Waals surface area contributed by atoms with Crippen LogP contribution in [-0.4, -0.2) is 0 Å². The minimum Gasteiger partial charge on any atom is -0.113 e. The molecule has 1 aliphatic carbocycles. The van der Waals surface area contributed by atoms with Crippen molar-refractivity contribution in [3.05, 3.63) is 70.2 Å². The average molecular weight is 319 g/mol. The van der Waals surface area contributed by atoms with E-state index >= 15 is 0 Å². The van der Waals surface area contributed by atoms with Gasteiger partial charge in [0.15, 0.2) is 0 Å². The van der Waals surface area contributed by atoms with Gasteiger partial charge in [-0.05, 0) is 47.6 Å². The molecule has 1 aliphatic rings. The number of hydrogen-bond acceptors (Lipinski definition) is 0. The zero-order chi connectivity index (χ0) is 14.7. The Hall–Kier alpha value is -0.980. The zero-order valence-electron chi connectivity index (χ0n) is 12.1. The molecule has 0 heterocycles. The summed E-state index contributed by atoms with van der Waals surface area (Å²) in [7, 11) is 0. The van der Waals surface area contributed by atoms with E-state index in [1.807, 2.05) is 24.3 Å². The van der Waals surface area contributed by atoms with E-state index in [1.165, 1.54) is 37.7 Å². The van der Waals surface area contributed by atoms with Gasteiger partial charge in [0.05, 0.1) is 5.38 Å². The number of benzene rings is 2. The van der Waals surface area contributed by atoms with Crippen LogP contribution in [0, 0.1) is 0 Å². The van der Waals surface area contributed by atoms with Crippen LogP contribution < -0.4 is 0 Å². The smallest absolute Gasteiger partial charge is 0.0835 e. The number of rotatable bonds is 3. The van der Waals surface area contributed by atoms with Crippen molar-refractivity contribution in [3.63, 3.8) is 0 Å². The first-order valence-electron chi connectivity index (χ1n) is 7.73. The Labute approximate surface area is 137 Å². The van der Waals surface area contributed by atoms with Gasteiger partial charge in [-0.1, -0.05) is 67.3 Å². The predicted octanol–water partition coefficient (Wildman–Crippen LogP) is 6.72. The van der Waals surface area contributed by atoms with Gasteiger partial charge in [0.1, 0.15) is 0 Å². The molecular formula is C19H20Cl2. The van der Waals surface area contributed by atoms with Crippen LogP contribution in [-0.2, 0) is 0 Å². The Bertz CT molecular complexity index is 583. The lowest BCUT2D eigenvalue weighted by Crippen LogP contribution is -2.04. The lowest BCUT2D eigenvalue weighted by Gasteiger charge is -2.22. The molecule has 0 nitrogen and oxygen atoms in total. The molecule has 0 radical (unpaired) electrons. The summed E-state index contributed by atoms with van der Waals surface area (Å²) in [6, 6.07) is 16.6. The molecule has 21 heavy (non-hydrogen) atoms. The molecule has 1 fully saturated rings. The van der Waals surface area contributed by atoms with Gasteiger partial charge in [-0.15, -0.1) is 11.6 Å². The summed E-state index contributed by atoms with van der Waals surface area (Å²) < 4.78 is 0. The van der Waals surface area contributed by atoms with E-state index in [9.17, 15) is 0 Å². The predicted molar refractivity (Wildman–Crippen MR) is 91.4 cm³/mol. The molecule has 2 aromatic carbocycles. The van der Waals surface area contributed by atoms with E-state index in [2.05, 4.69) is 24.3 Å². The molecule has 0 bridgehead atoms. The first kappa shape index (κ1) is 14.9. The fourth-order valence-electron chi connectivity index (χ4n) is 3.23. The summed E-state index contributed by atoms with van der Waals surface area (Å²) >= 11 is 12.6. The van der Waals surface area contributed by atoms with Gasteiger partial charge in [-0.2, -0.15) is 0 Å². The van der Waals surface area contributed by atoms with Crippen LogP contribution in [0.25, 0.3) is 0 Å². The molecule has 0 amide bonds. The third kappa shape index (κ3) is 3.62. The second kappa shape index (κ2) is 6.85. The number of halogens is 2. The molecule has 110 valence electrons. The van der Waals surface area contributed by atoms with E-state index in [-0.39, 0.29) is 5.38 Å². The minimum absolute atomic E-state index is 0.135. The van der Waals surface area contributed by atoms with Crippen molar-refractivity contribution in [1.29, 1.82) is 0 Å². The van der Waals surface area contributed by atoms with Crippen molar-refractivity contribution in [1.82, 2.24) is 0 Å². The highest BCUT2D eigenvalue weighted by Crippen LogP contribution is 2.35. The Morgan fingerprint density at radius 1 is 0.857 bits per heavy atom. The van der Waals surface area contributed by atoms with Gasteiger partial charge in [0.25, 0.3) is 0 Å². The van der Waals surface area contributed by atoms with Gasteiger partial charge < -0.3 is 0 Å². The average Bonchev–Trinajstić information content (AvgIpc) is 2.55. The molecule has 0 aliphatic heterocycles. The summed E-state index contributed by atoms with van der Waals surface area (Å²) in [5.41, 5.74) is 3.65. The van der Waals surface area contributed by atoms with Crippen molar-refractivity contribution in [2.24, 2.45) is 0 Å². The second-order valence-corrected chi connectivity index (χ2v) is 6.79. The SMILES string of the molecule is Clc1cccc(C(Cl)c2ccc(C3CCCCC3)cc2)c1. The summed E-state index contributed by atoms with van der Waals surface area (Å²) in [4.78, 5) is 0. The van der Waals surface area contributed by atoms with Crippen molar-refractivity contribution in [3.8, 4) is 0 Å². The Morgan fingerprint density at radius 3 is 2.24 bits per heavy atom. The van der Waals surface area contributed by atoms with Crippen LogP contribution in [0.5, 0.6) is 0 Å². The molecule has 0 spiro atoms. The molecule has 1 saturated carbocycles. The monoisotopic (exact) mass is 318 g/mol. The van der Waals surface area contributed by atoms with Gasteiger partial charge >= 0.3 is 0 Å². The van der Waals surface area contributed by atoms with Gasteiger partial charge in [0, 0.05) is 5.02 Å². The van der Waals surface area contributed by atoms with Crippen LogP contribution in [0.1, 0.15) is 60.1 Å². The standard InChI is InChI=1S/C19H20Cl2/c20-18-8-4-7-17(13-18)19(21)16-11-9-15(10-12-16)14-5-2-1-3-6-14/h4,7-14,19H,1-3,5-6H2. The molecule has 1 atom stereocenters. The lowest BCUT2D eigenvalue weighted by atomic mass is 9.84. The molecule has 3 rings (SSSR count). The van der Waals surface area contributed by atoms with Gasteiger partial charge in [-0.3, -0.25) is 0 Å². The minimum atomic E-state index is -0.135. The largest absolute Gasteiger partial charge is 0.113 e. The highest BCUT2D eigenvalue weighted by Gasteiger charge is 2.16. The van der Waals surface area contributed by atoms with E-state index in [0.29, 0.717) is 0 Å². The summed E-state index contributed by atoms with van der Waals surface area (Å²) in [5.74, 6) is 0.743. The lowest BCUT2D eigenvalue weighted by molar-refractivity contribution is 0.443. The maximum atomic E-state index is 6.58. The Kier molecular flexibility index (Phi) is 4.87. The maximum Gasteiger partial charge on any atom is 0.0835 e. The molecule has 1 unspecified atom stereocenters. The zero-order valence-corrected chi connectivity index (χ0v) is 13.6. The molecular weight excluding hydrogens is 299 g/mol. The molecule has 0 aromatic heterocycles. The molecule has 0 N–H and O–H groups in total. The van der Waals surface area contributed by atoms with Gasteiger partial charge in [-0.25, -0.2) is 0 Å². The Morgan fingerprint density at radius 2 is 1.57 bits per heavy atom. The third-order valence-corrected chi connectivity index (χ3v) is 5.19. The van der Waals surface area contributed by atoms with Crippen molar-refractivity contribution in [2.75, 3.05) is 0 Å². The van der Waals surface area contributed by atoms with Crippen molar-refractivity contribution in [2.45, 2.75) is 43.4 Å². The van der Waals surface area contributed by atoms with Crippen LogP contribution in [0.3, 0.4) is 0 Å². The quantitative estimate of drug-likeness (QED) is 0.551. The highest BCUT2D eigenvalue weighted by atomic mass is 35.5. The molecule has 2 heteroatoms. The molecule has 2 aromatic rings. The van der Waals surface area contributed by atoms with Crippen LogP contribution in [0.2, 0.25) is 5.02 Å². The maximum absolute atomic E-state index is 6.58. The highest BCUT2D eigenvalue weighted by molar-refractivity contribution is 6.30. The fourth-order valence-corrected chi connectivity index (χ4v) is 3.71. The summed E-state index contributed by atoms with van der Waals surface area (Å²) in [5, 5.41) is 0.598. The van der Waals surface area contributed by atoms with Crippen LogP contribution >= 0.6 is 23.2 Å². The molecule has 0 saturated heterocycles. The van der Waals surface area contributed by atoms with Crippen molar-refractivity contribution >= 4 is 23.2 Å². The fraction of sp³-hybridized carbons (Fsp3) is 0.368. The van der Waals surface area contributed by atoms with Crippen molar-refractivity contribution < 1.29 is 0 Å². The van der Waals surface area contributed by atoms with E-state index < -0.39 is 0 Å². The number of hydrogen-bond donors (Lipinski definition) is 0. The van der Waals surface area contributed by atoms with E-state index in [1.54, 1.807) is 0 Å². The van der Waals surface area contributed by atoms with Gasteiger partial charge in [0.2, 0.25) is 0 Å². The third-order valence-electron chi connectivity index (χ3n) is 4.45. The van der Waals surface area contributed by atoms with E-state index in [4.69, 9.17) is 23.2 Å². The summed E-state index contributed by atoms with van der Waals surface area (Å²) in [6.45, 7) is 0. The first-order chi connectivity index (χ1) is 10.2. The second-order valence-electron chi connectivity index (χ2n) is 5.92. The van der Waals surface area contributed by atoms with Crippen LogP contribution in [0.4, 0.5) is 0 Å². The number of alkyl halides is 1. The Balaban J connectivity index is 1.77. The topological polar surface area (TPSA) is 0 Å².